The molecule has 0 amide bonds. The van der Waals surface area contributed by atoms with Gasteiger partial charge in [0.15, 0.2) is 13.9 Å². The number of hydrogen-bond donors (Lipinski definition) is 1. The van der Waals surface area contributed by atoms with Crippen molar-refractivity contribution in [1.29, 1.82) is 5.26 Å². The van der Waals surface area contributed by atoms with E-state index in [9.17, 15) is 10.1 Å². The summed E-state index contributed by atoms with van der Waals surface area (Å²) in [6.07, 6.45) is 1.23. The first kappa shape index (κ1) is 22.9. The lowest BCUT2D eigenvalue weighted by Gasteiger charge is -2.40. The molecule has 1 aromatic carbocycles. The van der Waals surface area contributed by atoms with Gasteiger partial charge in [-0.15, -0.1) is 0 Å². The van der Waals surface area contributed by atoms with E-state index in [2.05, 4.69) is 39.9 Å². The van der Waals surface area contributed by atoms with Crippen LogP contribution in [0.15, 0.2) is 48.7 Å². The first-order chi connectivity index (χ1) is 13.5. The van der Waals surface area contributed by atoms with E-state index in [4.69, 9.17) is 14.9 Å². The van der Waals surface area contributed by atoms with E-state index >= 15 is 0 Å². The molecule has 2 rings (SSSR count). The molecule has 2 aromatic rings. The van der Waals surface area contributed by atoms with Crippen molar-refractivity contribution in [2.24, 2.45) is 5.73 Å². The Morgan fingerprint density at radius 1 is 1.21 bits per heavy atom. The summed E-state index contributed by atoms with van der Waals surface area (Å²) in [5, 5.41) is 10.3. The number of methoxy groups -OCH3 is 1. The number of nitrogens with two attached hydrogens (primary N) is 1. The third-order valence-electron chi connectivity index (χ3n) is 5.74. The smallest absolute Gasteiger partial charge is 0.354 e. The summed E-state index contributed by atoms with van der Waals surface area (Å²) < 4.78 is 12.9. The Morgan fingerprint density at radius 2 is 1.83 bits per heavy atom. The van der Waals surface area contributed by atoms with Crippen molar-refractivity contribution in [3.05, 3.63) is 59.9 Å². The van der Waals surface area contributed by atoms with E-state index < -0.39 is 26.1 Å². The molecule has 2 N–H and O–H groups in total. The summed E-state index contributed by atoms with van der Waals surface area (Å²) in [4.78, 5) is 12.3. The highest BCUT2D eigenvalue weighted by Gasteiger charge is 2.43. The first-order valence-corrected chi connectivity index (χ1v) is 12.6. The second kappa shape index (κ2) is 8.53. The number of nitrogens with zero attached hydrogens (tertiary/aromatic N) is 2. The van der Waals surface area contributed by atoms with Crippen LogP contribution in [0.3, 0.4) is 0 Å². The Bertz CT molecular complexity index is 881. The Morgan fingerprint density at radius 3 is 2.34 bits per heavy atom. The average Bonchev–Trinajstić information content (AvgIpc) is 3.15. The van der Waals surface area contributed by atoms with Crippen molar-refractivity contribution in [3.63, 3.8) is 0 Å². The Hall–Kier alpha value is -2.40. The highest BCUT2D eigenvalue weighted by atomic mass is 28.4. The van der Waals surface area contributed by atoms with Gasteiger partial charge in [-0.2, -0.15) is 5.26 Å². The average molecular weight is 414 g/mol. The van der Waals surface area contributed by atoms with Crippen molar-refractivity contribution in [1.82, 2.24) is 4.57 Å². The molecular weight excluding hydrogens is 382 g/mol. The zero-order chi connectivity index (χ0) is 21.9. The number of nitriles is 1. The van der Waals surface area contributed by atoms with Gasteiger partial charge in [0.1, 0.15) is 5.69 Å². The quantitative estimate of drug-likeness (QED) is 0.416. The summed E-state index contributed by atoms with van der Waals surface area (Å²) in [5.41, 5.74) is 6.26. The zero-order valence-corrected chi connectivity index (χ0v) is 19.1. The molecule has 7 heteroatoms. The lowest BCUT2D eigenvalue weighted by Crippen LogP contribution is -2.50. The van der Waals surface area contributed by atoms with Gasteiger partial charge < -0.3 is 19.5 Å². The maximum absolute atomic E-state index is 12.3. The fraction of sp³-hybridized carbons (Fsp3) is 0.455. The van der Waals surface area contributed by atoms with Crippen LogP contribution in [0.1, 0.15) is 43.2 Å². The van der Waals surface area contributed by atoms with E-state index in [1.165, 1.54) is 7.11 Å². The number of ether oxygens (including phenoxy) is 1. The summed E-state index contributed by atoms with van der Waals surface area (Å²) in [6.45, 7) is 10.7. The highest BCUT2D eigenvalue weighted by molar-refractivity contribution is 6.74. The number of esters is 1. The second-order valence-corrected chi connectivity index (χ2v) is 13.5. The second-order valence-electron chi connectivity index (χ2n) is 8.71. The van der Waals surface area contributed by atoms with Gasteiger partial charge in [0.2, 0.25) is 0 Å². The van der Waals surface area contributed by atoms with Gasteiger partial charge in [-0.3, -0.25) is 0 Å². The topological polar surface area (TPSA) is 90.3 Å². The molecule has 0 radical (unpaired) electrons. The number of carbonyl (C=O) groups excluding carboxylic acids is 1. The fourth-order valence-electron chi connectivity index (χ4n) is 3.11. The number of aromatic nitrogens is 1. The van der Waals surface area contributed by atoms with Crippen LogP contribution >= 0.6 is 0 Å². The first-order valence-electron chi connectivity index (χ1n) is 9.65. The van der Waals surface area contributed by atoms with Crippen molar-refractivity contribution in [2.75, 3.05) is 7.11 Å². The van der Waals surface area contributed by atoms with Crippen LogP contribution in [0.2, 0.25) is 18.1 Å². The van der Waals surface area contributed by atoms with E-state index in [1.807, 2.05) is 30.3 Å². The summed E-state index contributed by atoms with van der Waals surface area (Å²) >= 11 is 0. The number of hydrogen-bond acceptors (Lipinski definition) is 5. The van der Waals surface area contributed by atoms with Crippen LogP contribution in [0.25, 0.3) is 0 Å². The lowest BCUT2D eigenvalue weighted by molar-refractivity contribution is 0.0579. The fourth-order valence-corrected chi connectivity index (χ4v) is 4.30. The minimum absolute atomic E-state index is 0.0166. The standard InChI is InChI=1S/C22H31N3O3Si/c1-21(2,3)29(5,6)28-19(24)15-22(16-23,17-11-8-7-9-12-17)25-14-10-13-18(25)20(26)27-4/h7-14,19H,15,24H2,1-6H3. The molecule has 0 aliphatic heterocycles. The third-order valence-corrected chi connectivity index (χ3v) is 10.2. The van der Waals surface area contributed by atoms with Crippen LogP contribution in [0.5, 0.6) is 0 Å². The number of rotatable bonds is 7. The Balaban J connectivity index is 2.55. The van der Waals surface area contributed by atoms with E-state index in [-0.39, 0.29) is 17.2 Å². The lowest BCUT2D eigenvalue weighted by atomic mass is 9.86. The molecule has 0 bridgehead atoms. The normalized spacial score (nSPS) is 15.2. The maximum Gasteiger partial charge on any atom is 0.354 e. The molecule has 0 spiro atoms. The monoisotopic (exact) mass is 413 g/mol. The SMILES string of the molecule is COC(=O)c1cccn1C(C#N)(CC(N)O[Si](C)(C)C(C)(C)C)c1ccccc1. The molecule has 6 nitrogen and oxygen atoms in total. The van der Waals surface area contributed by atoms with E-state index in [0.29, 0.717) is 0 Å². The molecule has 156 valence electrons. The zero-order valence-electron chi connectivity index (χ0n) is 18.1. The van der Waals surface area contributed by atoms with E-state index in [0.717, 1.165) is 5.56 Å². The van der Waals surface area contributed by atoms with Crippen molar-refractivity contribution >= 4 is 14.3 Å². The van der Waals surface area contributed by atoms with Gasteiger partial charge in [-0.25, -0.2) is 4.79 Å². The Kier molecular flexibility index (Phi) is 6.73. The summed E-state index contributed by atoms with van der Waals surface area (Å²) in [5.74, 6) is -0.510. The van der Waals surface area contributed by atoms with Crippen LogP contribution in [-0.2, 0) is 14.7 Å². The molecule has 0 saturated heterocycles. The molecule has 0 aliphatic rings. The summed E-state index contributed by atoms with van der Waals surface area (Å²) in [6, 6.07) is 15.1. The largest absolute Gasteiger partial charge is 0.464 e. The molecule has 0 fully saturated rings. The molecule has 2 unspecified atom stereocenters. The molecule has 1 aromatic heterocycles. The van der Waals surface area contributed by atoms with E-state index in [1.54, 1.807) is 22.9 Å². The van der Waals surface area contributed by atoms with Crippen LogP contribution in [0, 0.1) is 11.3 Å². The highest BCUT2D eigenvalue weighted by Crippen LogP contribution is 2.39. The molecule has 29 heavy (non-hydrogen) atoms. The number of benzene rings is 1. The van der Waals surface area contributed by atoms with Gasteiger partial charge in [-0.05, 0) is 35.8 Å². The molecular formula is C22H31N3O3Si. The number of carbonyl (C=O) groups is 1. The van der Waals surface area contributed by atoms with Crippen LogP contribution < -0.4 is 5.73 Å². The minimum atomic E-state index is -2.14. The third kappa shape index (κ3) is 4.61. The molecule has 0 saturated carbocycles. The van der Waals surface area contributed by atoms with Gasteiger partial charge in [0, 0.05) is 12.6 Å². The molecule has 2 atom stereocenters. The van der Waals surface area contributed by atoms with Gasteiger partial charge in [0.05, 0.1) is 19.4 Å². The van der Waals surface area contributed by atoms with Crippen molar-refractivity contribution in [2.45, 2.75) is 57.1 Å². The summed E-state index contributed by atoms with van der Waals surface area (Å²) in [7, 11) is -0.822. The predicted octanol–water partition coefficient (Wildman–Crippen LogP) is 4.24. The minimum Gasteiger partial charge on any atom is -0.464 e. The maximum atomic E-state index is 12.3. The Labute approximate surface area is 174 Å². The van der Waals surface area contributed by atoms with Crippen LogP contribution in [0.4, 0.5) is 0 Å². The van der Waals surface area contributed by atoms with Crippen LogP contribution in [-0.4, -0.2) is 32.2 Å². The van der Waals surface area contributed by atoms with Gasteiger partial charge in [-0.1, -0.05) is 51.1 Å². The molecule has 1 heterocycles. The predicted molar refractivity (Wildman–Crippen MR) is 116 cm³/mol. The molecule has 0 aliphatic carbocycles. The van der Waals surface area contributed by atoms with Gasteiger partial charge in [0.25, 0.3) is 0 Å². The van der Waals surface area contributed by atoms with Crippen molar-refractivity contribution in [3.8, 4) is 6.07 Å². The van der Waals surface area contributed by atoms with Crippen molar-refractivity contribution < 1.29 is 14.0 Å². The van der Waals surface area contributed by atoms with Gasteiger partial charge >= 0.3 is 5.97 Å².